The number of nitrogens with one attached hydrogen (secondary N) is 2. The number of carboxylic acid groups (broad SMARTS) is 1. The number of para-hydroxylation sites is 1. The maximum Gasteiger partial charge on any atom is 0.303 e. The summed E-state index contributed by atoms with van der Waals surface area (Å²) in [7, 11) is 0. The predicted molar refractivity (Wildman–Crippen MR) is 110 cm³/mol. The van der Waals surface area contributed by atoms with Gasteiger partial charge in [0.1, 0.15) is 0 Å². The van der Waals surface area contributed by atoms with Crippen LogP contribution in [0.1, 0.15) is 19.8 Å². The molecular formula is C19H19BrN2O4S. The van der Waals surface area contributed by atoms with E-state index in [9.17, 15) is 14.4 Å². The molecule has 0 heterocycles. The lowest BCUT2D eigenvalue weighted by molar-refractivity contribution is -0.138. The fraction of sp³-hybridized carbons (Fsp3) is 0.211. The number of carboxylic acids is 1. The highest BCUT2D eigenvalue weighted by Gasteiger charge is 2.15. The van der Waals surface area contributed by atoms with E-state index in [0.29, 0.717) is 5.69 Å². The molecule has 0 fully saturated rings. The van der Waals surface area contributed by atoms with Crippen molar-refractivity contribution in [1.82, 2.24) is 0 Å². The molecule has 0 saturated heterocycles. The Morgan fingerprint density at radius 2 is 1.70 bits per heavy atom. The van der Waals surface area contributed by atoms with E-state index >= 15 is 0 Å². The molecule has 0 bridgehead atoms. The molecule has 0 aromatic heterocycles. The first-order valence-corrected chi connectivity index (χ1v) is 9.86. The van der Waals surface area contributed by atoms with Crippen LogP contribution in [0.15, 0.2) is 57.9 Å². The molecule has 0 radical (unpaired) electrons. The average Bonchev–Trinajstić information content (AvgIpc) is 2.63. The van der Waals surface area contributed by atoms with Crippen LogP contribution in [-0.4, -0.2) is 28.1 Å². The predicted octanol–water partition coefficient (Wildman–Crippen LogP) is 4.37. The van der Waals surface area contributed by atoms with E-state index in [1.54, 1.807) is 24.3 Å². The molecule has 2 rings (SSSR count). The lowest BCUT2D eigenvalue weighted by Gasteiger charge is -2.13. The smallest absolute Gasteiger partial charge is 0.303 e. The molecule has 142 valence electrons. The molecule has 27 heavy (non-hydrogen) atoms. The van der Waals surface area contributed by atoms with Gasteiger partial charge in [0, 0.05) is 21.5 Å². The molecule has 8 heteroatoms. The van der Waals surface area contributed by atoms with Crippen molar-refractivity contribution in [2.24, 2.45) is 0 Å². The average molecular weight is 451 g/mol. The summed E-state index contributed by atoms with van der Waals surface area (Å²) >= 11 is 4.80. The Hall–Kier alpha value is -2.32. The summed E-state index contributed by atoms with van der Waals surface area (Å²) in [5, 5.41) is 13.8. The molecule has 0 aliphatic heterocycles. The van der Waals surface area contributed by atoms with E-state index in [1.165, 1.54) is 11.8 Å². The molecule has 3 N–H and O–H groups in total. The molecule has 6 nitrogen and oxygen atoms in total. The van der Waals surface area contributed by atoms with E-state index in [0.717, 1.165) is 15.1 Å². The maximum atomic E-state index is 12.4. The van der Waals surface area contributed by atoms with E-state index < -0.39 is 5.97 Å². The number of aliphatic carboxylic acids is 1. The summed E-state index contributed by atoms with van der Waals surface area (Å²) in [4.78, 5) is 35.3. The lowest BCUT2D eigenvalue weighted by Crippen LogP contribution is -2.22. The zero-order valence-electron chi connectivity index (χ0n) is 14.6. The van der Waals surface area contributed by atoms with Gasteiger partial charge in [0.2, 0.25) is 11.8 Å². The largest absolute Gasteiger partial charge is 0.481 e. The van der Waals surface area contributed by atoms with Gasteiger partial charge >= 0.3 is 5.97 Å². The molecular weight excluding hydrogens is 432 g/mol. The Bertz CT molecular complexity index is 827. The van der Waals surface area contributed by atoms with Crippen molar-refractivity contribution < 1.29 is 19.5 Å². The zero-order valence-corrected chi connectivity index (χ0v) is 17.0. The SMILES string of the molecule is CC(Sc1ccc(NC(=O)CCC(=O)O)cc1)C(=O)Nc1ccccc1Br. The van der Waals surface area contributed by atoms with Crippen molar-refractivity contribution in [1.29, 1.82) is 0 Å². The molecule has 2 amide bonds. The quantitative estimate of drug-likeness (QED) is 0.518. The second kappa shape index (κ2) is 10.1. The Kier molecular flexibility index (Phi) is 7.87. The summed E-state index contributed by atoms with van der Waals surface area (Å²) in [6, 6.07) is 14.5. The summed E-state index contributed by atoms with van der Waals surface area (Å²) in [5.41, 5.74) is 1.30. The topological polar surface area (TPSA) is 95.5 Å². The third kappa shape index (κ3) is 7.07. The first kappa shape index (κ1) is 21.0. The zero-order chi connectivity index (χ0) is 19.8. The third-order valence-electron chi connectivity index (χ3n) is 3.52. The Morgan fingerprint density at radius 1 is 1.04 bits per heavy atom. The Morgan fingerprint density at radius 3 is 2.33 bits per heavy atom. The van der Waals surface area contributed by atoms with Crippen LogP contribution >= 0.6 is 27.7 Å². The number of carbonyl (C=O) groups excluding carboxylic acids is 2. The van der Waals surface area contributed by atoms with Crippen molar-refractivity contribution in [3.05, 3.63) is 53.0 Å². The molecule has 1 atom stereocenters. The van der Waals surface area contributed by atoms with Gasteiger partial charge in [-0.2, -0.15) is 0 Å². The molecule has 1 unspecified atom stereocenters. The van der Waals surface area contributed by atoms with Gasteiger partial charge in [-0.05, 0) is 59.3 Å². The van der Waals surface area contributed by atoms with Crippen LogP contribution in [0.4, 0.5) is 11.4 Å². The summed E-state index contributed by atoms with van der Waals surface area (Å²) in [6.45, 7) is 1.82. The van der Waals surface area contributed by atoms with Crippen LogP contribution < -0.4 is 10.6 Å². The molecule has 0 aliphatic carbocycles. The highest BCUT2D eigenvalue weighted by atomic mass is 79.9. The summed E-state index contributed by atoms with van der Waals surface area (Å²) in [6.07, 6.45) is -0.276. The molecule has 2 aromatic rings. The van der Waals surface area contributed by atoms with Crippen molar-refractivity contribution in [3.8, 4) is 0 Å². The van der Waals surface area contributed by atoms with E-state index in [-0.39, 0.29) is 29.9 Å². The summed E-state index contributed by atoms with van der Waals surface area (Å²) < 4.78 is 0.818. The lowest BCUT2D eigenvalue weighted by atomic mass is 10.2. The van der Waals surface area contributed by atoms with Gasteiger partial charge in [0.05, 0.1) is 17.4 Å². The van der Waals surface area contributed by atoms with E-state index in [2.05, 4.69) is 26.6 Å². The number of benzene rings is 2. The first-order valence-electron chi connectivity index (χ1n) is 8.19. The summed E-state index contributed by atoms with van der Waals surface area (Å²) in [5.74, 6) is -1.47. The molecule has 0 aliphatic rings. The van der Waals surface area contributed by atoms with Gasteiger partial charge in [-0.25, -0.2) is 0 Å². The number of rotatable bonds is 8. The second-order valence-corrected chi connectivity index (χ2v) is 7.96. The highest BCUT2D eigenvalue weighted by Crippen LogP contribution is 2.27. The van der Waals surface area contributed by atoms with Crippen LogP contribution in [0.25, 0.3) is 0 Å². The Labute approximate surface area is 169 Å². The number of thioether (sulfide) groups is 1. The highest BCUT2D eigenvalue weighted by molar-refractivity contribution is 9.10. The minimum absolute atomic E-state index is 0.0713. The number of halogens is 1. The number of amides is 2. The van der Waals surface area contributed by atoms with Gasteiger partial charge in [0.15, 0.2) is 0 Å². The standard InChI is InChI=1S/C19H19BrN2O4S/c1-12(19(26)22-16-5-3-2-4-15(16)20)27-14-8-6-13(7-9-14)21-17(23)10-11-18(24)25/h2-9,12H,10-11H2,1H3,(H,21,23)(H,22,26)(H,24,25). The normalized spacial score (nSPS) is 11.5. The molecule has 2 aromatic carbocycles. The number of anilines is 2. The fourth-order valence-electron chi connectivity index (χ4n) is 2.12. The van der Waals surface area contributed by atoms with Crippen molar-refractivity contribution in [2.75, 3.05) is 10.6 Å². The molecule has 0 spiro atoms. The van der Waals surface area contributed by atoms with Crippen LogP contribution in [0.3, 0.4) is 0 Å². The van der Waals surface area contributed by atoms with Gasteiger partial charge in [-0.15, -0.1) is 11.8 Å². The van der Waals surface area contributed by atoms with Gasteiger partial charge in [-0.1, -0.05) is 12.1 Å². The maximum absolute atomic E-state index is 12.4. The van der Waals surface area contributed by atoms with Crippen LogP contribution in [0, 0.1) is 0 Å². The van der Waals surface area contributed by atoms with Crippen molar-refractivity contribution >= 4 is 56.9 Å². The Balaban J connectivity index is 1.87. The number of carbonyl (C=O) groups is 3. The van der Waals surface area contributed by atoms with E-state index in [4.69, 9.17) is 5.11 Å². The van der Waals surface area contributed by atoms with Gasteiger partial charge < -0.3 is 15.7 Å². The first-order chi connectivity index (χ1) is 12.8. The van der Waals surface area contributed by atoms with Crippen LogP contribution in [0.5, 0.6) is 0 Å². The number of hydrogen-bond donors (Lipinski definition) is 3. The van der Waals surface area contributed by atoms with E-state index in [1.807, 2.05) is 31.2 Å². The van der Waals surface area contributed by atoms with Crippen molar-refractivity contribution in [3.63, 3.8) is 0 Å². The number of hydrogen-bond acceptors (Lipinski definition) is 4. The fourth-order valence-corrected chi connectivity index (χ4v) is 3.37. The van der Waals surface area contributed by atoms with Crippen LogP contribution in [0.2, 0.25) is 0 Å². The minimum atomic E-state index is -1.01. The van der Waals surface area contributed by atoms with Gasteiger partial charge in [-0.3, -0.25) is 14.4 Å². The van der Waals surface area contributed by atoms with Gasteiger partial charge in [0.25, 0.3) is 0 Å². The molecule has 0 saturated carbocycles. The second-order valence-electron chi connectivity index (χ2n) is 5.70. The monoisotopic (exact) mass is 450 g/mol. The third-order valence-corrected chi connectivity index (χ3v) is 5.32. The minimum Gasteiger partial charge on any atom is -0.481 e. The van der Waals surface area contributed by atoms with Crippen molar-refractivity contribution in [2.45, 2.75) is 29.9 Å². The van der Waals surface area contributed by atoms with Crippen LogP contribution in [-0.2, 0) is 14.4 Å².